The Kier molecular flexibility index (Phi) is 4.98. The smallest absolute Gasteiger partial charge is 0.0717 e. The number of ether oxygens (including phenoxy) is 1. The third kappa shape index (κ3) is 4.46. The summed E-state index contributed by atoms with van der Waals surface area (Å²) in [6.45, 7) is 4.80. The summed E-state index contributed by atoms with van der Waals surface area (Å²) in [5, 5.41) is 0. The van der Waals surface area contributed by atoms with E-state index in [1.165, 1.54) is 5.56 Å². The molecule has 0 bridgehead atoms. The molecule has 0 saturated carbocycles. The van der Waals surface area contributed by atoms with Crippen LogP contribution in [-0.4, -0.2) is 37.2 Å². The number of nitrogens with zero attached hydrogens (tertiary/aromatic N) is 1. The van der Waals surface area contributed by atoms with Gasteiger partial charge in [0.2, 0.25) is 0 Å². The Hall–Kier alpha value is -0.900. The van der Waals surface area contributed by atoms with Gasteiger partial charge in [0, 0.05) is 12.6 Å². The van der Waals surface area contributed by atoms with Crippen molar-refractivity contribution in [2.24, 2.45) is 5.73 Å². The summed E-state index contributed by atoms with van der Waals surface area (Å²) in [7, 11) is 0. The third-order valence-electron chi connectivity index (χ3n) is 3.30. The molecule has 3 nitrogen and oxygen atoms in total. The summed E-state index contributed by atoms with van der Waals surface area (Å²) in [6.07, 6.45) is 2.25. The first-order valence-corrected chi connectivity index (χ1v) is 6.44. The topological polar surface area (TPSA) is 38.5 Å². The van der Waals surface area contributed by atoms with E-state index >= 15 is 0 Å². The van der Waals surface area contributed by atoms with Gasteiger partial charge < -0.3 is 15.4 Å². The van der Waals surface area contributed by atoms with E-state index in [2.05, 4.69) is 17.0 Å². The lowest BCUT2D eigenvalue weighted by molar-refractivity contribution is 0.0842. The van der Waals surface area contributed by atoms with Crippen molar-refractivity contribution in [3.8, 4) is 0 Å². The van der Waals surface area contributed by atoms with Crippen LogP contribution in [0.15, 0.2) is 30.3 Å². The molecule has 17 heavy (non-hydrogen) atoms. The van der Waals surface area contributed by atoms with Gasteiger partial charge in [-0.1, -0.05) is 30.3 Å². The average molecular weight is 234 g/mol. The highest BCUT2D eigenvalue weighted by Gasteiger charge is 2.14. The van der Waals surface area contributed by atoms with Crippen LogP contribution in [-0.2, 0) is 11.3 Å². The fourth-order valence-corrected chi connectivity index (χ4v) is 2.13. The van der Waals surface area contributed by atoms with Crippen molar-refractivity contribution >= 4 is 0 Å². The Bertz CT molecular complexity index is 307. The highest BCUT2D eigenvalue weighted by molar-refractivity contribution is 5.13. The van der Waals surface area contributed by atoms with Gasteiger partial charge in [0.25, 0.3) is 0 Å². The van der Waals surface area contributed by atoms with E-state index in [-0.39, 0.29) is 0 Å². The Morgan fingerprint density at radius 3 is 2.59 bits per heavy atom. The summed E-state index contributed by atoms with van der Waals surface area (Å²) in [5.41, 5.74) is 7.11. The van der Waals surface area contributed by atoms with Crippen LogP contribution in [0.25, 0.3) is 0 Å². The molecule has 1 aliphatic rings. The minimum Gasteiger partial charge on any atom is -0.375 e. The molecule has 0 unspecified atom stereocenters. The minimum absolute atomic E-state index is 0.413. The second-order valence-corrected chi connectivity index (χ2v) is 4.72. The average Bonchev–Trinajstić information content (AvgIpc) is 2.38. The van der Waals surface area contributed by atoms with E-state index in [9.17, 15) is 0 Å². The van der Waals surface area contributed by atoms with Crippen molar-refractivity contribution < 1.29 is 4.74 Å². The molecule has 1 aromatic rings. The second kappa shape index (κ2) is 6.74. The molecule has 1 saturated heterocycles. The van der Waals surface area contributed by atoms with Crippen molar-refractivity contribution in [2.45, 2.75) is 25.5 Å². The first-order valence-electron chi connectivity index (χ1n) is 6.44. The largest absolute Gasteiger partial charge is 0.375 e. The molecule has 1 heterocycles. The number of piperidine rings is 1. The fraction of sp³-hybridized carbons (Fsp3) is 0.571. The zero-order valence-corrected chi connectivity index (χ0v) is 10.3. The van der Waals surface area contributed by atoms with Gasteiger partial charge in [-0.2, -0.15) is 0 Å². The molecule has 3 heteroatoms. The lowest BCUT2D eigenvalue weighted by Crippen LogP contribution is -2.41. The summed E-state index contributed by atoms with van der Waals surface area (Å²) in [5.74, 6) is 0. The molecule has 1 fully saturated rings. The molecular formula is C14H22N2O. The van der Waals surface area contributed by atoms with Crippen molar-refractivity contribution in [2.75, 3.05) is 26.2 Å². The molecule has 0 aliphatic carbocycles. The lowest BCUT2D eigenvalue weighted by Gasteiger charge is -2.29. The molecule has 1 aromatic carbocycles. The molecule has 94 valence electrons. The number of hydrogen-bond donors (Lipinski definition) is 1. The normalized spacial score (nSPS) is 18.4. The molecular weight excluding hydrogens is 212 g/mol. The van der Waals surface area contributed by atoms with Gasteiger partial charge in [-0.3, -0.25) is 0 Å². The first kappa shape index (κ1) is 12.6. The molecule has 0 radical (unpaired) electrons. The predicted octanol–water partition coefficient (Wildman–Crippen LogP) is 1.63. The summed E-state index contributed by atoms with van der Waals surface area (Å²) in [4.78, 5) is 2.44. The standard InChI is InChI=1S/C14H22N2O/c15-14-6-8-16(9-7-14)10-11-17-12-13-4-2-1-3-5-13/h1-5,14H,6-12,15H2. The van der Waals surface area contributed by atoms with Crippen LogP contribution in [0.5, 0.6) is 0 Å². The molecule has 2 N–H and O–H groups in total. The Morgan fingerprint density at radius 2 is 1.88 bits per heavy atom. The van der Waals surface area contributed by atoms with Crippen molar-refractivity contribution in [3.05, 3.63) is 35.9 Å². The Balaban J connectivity index is 1.57. The summed E-state index contributed by atoms with van der Waals surface area (Å²) in [6, 6.07) is 10.7. The monoisotopic (exact) mass is 234 g/mol. The number of rotatable bonds is 5. The maximum atomic E-state index is 5.87. The zero-order chi connectivity index (χ0) is 11.9. The van der Waals surface area contributed by atoms with E-state index in [0.29, 0.717) is 12.6 Å². The summed E-state index contributed by atoms with van der Waals surface area (Å²) < 4.78 is 5.68. The van der Waals surface area contributed by atoms with Gasteiger partial charge in [-0.05, 0) is 31.5 Å². The molecule has 1 aliphatic heterocycles. The van der Waals surface area contributed by atoms with Crippen molar-refractivity contribution in [1.29, 1.82) is 0 Å². The van der Waals surface area contributed by atoms with E-state index in [1.54, 1.807) is 0 Å². The summed E-state index contributed by atoms with van der Waals surface area (Å²) >= 11 is 0. The second-order valence-electron chi connectivity index (χ2n) is 4.72. The van der Waals surface area contributed by atoms with E-state index in [1.807, 2.05) is 18.2 Å². The van der Waals surface area contributed by atoms with Crippen molar-refractivity contribution in [3.63, 3.8) is 0 Å². The van der Waals surface area contributed by atoms with E-state index < -0.39 is 0 Å². The van der Waals surface area contributed by atoms with E-state index in [0.717, 1.165) is 39.1 Å². The van der Waals surface area contributed by atoms with Gasteiger partial charge in [-0.25, -0.2) is 0 Å². The molecule has 0 amide bonds. The highest BCUT2D eigenvalue weighted by atomic mass is 16.5. The van der Waals surface area contributed by atoms with Gasteiger partial charge in [0.1, 0.15) is 0 Å². The van der Waals surface area contributed by atoms with Gasteiger partial charge >= 0.3 is 0 Å². The predicted molar refractivity (Wildman–Crippen MR) is 69.7 cm³/mol. The van der Waals surface area contributed by atoms with E-state index in [4.69, 9.17) is 10.5 Å². The van der Waals surface area contributed by atoms with Gasteiger partial charge in [0.15, 0.2) is 0 Å². The molecule has 0 aromatic heterocycles. The molecule has 2 rings (SSSR count). The Morgan fingerprint density at radius 1 is 1.18 bits per heavy atom. The quantitative estimate of drug-likeness (QED) is 0.787. The third-order valence-corrected chi connectivity index (χ3v) is 3.30. The number of hydrogen-bond acceptors (Lipinski definition) is 3. The first-order chi connectivity index (χ1) is 8.34. The highest BCUT2D eigenvalue weighted by Crippen LogP contribution is 2.07. The van der Waals surface area contributed by atoms with Gasteiger partial charge in [-0.15, -0.1) is 0 Å². The number of likely N-dealkylation sites (tertiary alicyclic amines) is 1. The zero-order valence-electron chi connectivity index (χ0n) is 10.3. The van der Waals surface area contributed by atoms with Crippen LogP contribution in [0.3, 0.4) is 0 Å². The van der Waals surface area contributed by atoms with Crippen LogP contribution in [0.4, 0.5) is 0 Å². The SMILES string of the molecule is NC1CCN(CCOCc2ccccc2)CC1. The lowest BCUT2D eigenvalue weighted by atomic mass is 10.1. The minimum atomic E-state index is 0.413. The van der Waals surface area contributed by atoms with Crippen LogP contribution >= 0.6 is 0 Å². The van der Waals surface area contributed by atoms with Crippen LogP contribution < -0.4 is 5.73 Å². The maximum Gasteiger partial charge on any atom is 0.0717 e. The van der Waals surface area contributed by atoms with Crippen molar-refractivity contribution in [1.82, 2.24) is 4.90 Å². The fourth-order valence-electron chi connectivity index (χ4n) is 2.13. The van der Waals surface area contributed by atoms with Gasteiger partial charge in [0.05, 0.1) is 13.2 Å². The maximum absolute atomic E-state index is 5.87. The van der Waals surface area contributed by atoms with Crippen LogP contribution in [0.1, 0.15) is 18.4 Å². The number of nitrogens with two attached hydrogens (primary N) is 1. The number of benzene rings is 1. The Labute approximate surface area is 104 Å². The van der Waals surface area contributed by atoms with Crippen LogP contribution in [0, 0.1) is 0 Å². The van der Waals surface area contributed by atoms with Crippen LogP contribution in [0.2, 0.25) is 0 Å². The molecule has 0 spiro atoms. The molecule has 0 atom stereocenters.